The third kappa shape index (κ3) is 4.45. The van der Waals surface area contributed by atoms with Crippen LogP contribution in [0.3, 0.4) is 0 Å². The number of hydrogen-bond acceptors (Lipinski definition) is 5. The molecule has 12 heteroatoms. The molecule has 1 N–H and O–H groups in total. The number of likely N-dealkylation sites (tertiary alicyclic amines) is 2. The number of carbonyl (C=O) groups excluding carboxylic acids is 3. The van der Waals surface area contributed by atoms with Crippen molar-refractivity contribution in [2.24, 2.45) is 0 Å². The molecule has 2 aromatic heterocycles. The highest BCUT2D eigenvalue weighted by Crippen LogP contribution is 2.41. The Morgan fingerprint density at radius 2 is 1.81 bits per heavy atom. The van der Waals surface area contributed by atoms with E-state index in [-0.39, 0.29) is 23.4 Å². The number of carbonyl (C=O) groups is 3. The number of piperidine rings is 1. The second-order valence-corrected chi connectivity index (χ2v) is 10.3. The minimum Gasteiger partial charge on any atom is -0.332 e. The molecule has 190 valence electrons. The number of nitrogens with one attached hydrogen (secondary N) is 1. The maximum atomic E-state index is 13.5. The van der Waals surface area contributed by atoms with Crippen molar-refractivity contribution in [3.63, 3.8) is 0 Å². The van der Waals surface area contributed by atoms with Crippen LogP contribution < -0.4 is 5.32 Å². The van der Waals surface area contributed by atoms with Crippen LogP contribution in [0.1, 0.15) is 47.8 Å². The maximum Gasteiger partial charge on any atom is 0.416 e. The number of hydrogen-bond donors (Lipinski definition) is 1. The normalized spacial score (nSPS) is 17.7. The van der Waals surface area contributed by atoms with E-state index in [2.05, 4.69) is 10.4 Å². The minimum atomic E-state index is -4.44. The van der Waals surface area contributed by atoms with Gasteiger partial charge in [-0.25, -0.2) is 4.79 Å². The van der Waals surface area contributed by atoms with Gasteiger partial charge in [0.2, 0.25) is 5.91 Å². The van der Waals surface area contributed by atoms with Gasteiger partial charge in [0.05, 0.1) is 10.4 Å². The number of aromatic nitrogens is 2. The molecular formula is C24H24F3N5O3S. The predicted octanol–water partition coefficient (Wildman–Crippen LogP) is 4.81. The summed E-state index contributed by atoms with van der Waals surface area (Å²) >= 11 is 1.08. The standard InChI is InChI=1S/C24H24F3N5O3S/c1-15(33)28-20-5-10-32(29-20)22(35)30-11-7-23(8-12-30)6-2-9-31(23)21(34)19-13-16-3-4-17(24(25,26)27)14-18(16)36-19/h3-5,10,13-14H,2,6-9,11-12H2,1H3,(H,28,29,33). The summed E-state index contributed by atoms with van der Waals surface area (Å²) in [6.07, 6.45) is -0.0787. The van der Waals surface area contributed by atoms with Gasteiger partial charge in [0.1, 0.15) is 0 Å². The van der Waals surface area contributed by atoms with Gasteiger partial charge in [-0.3, -0.25) is 9.59 Å². The molecule has 2 aliphatic heterocycles. The monoisotopic (exact) mass is 519 g/mol. The lowest BCUT2D eigenvalue weighted by Gasteiger charge is -2.44. The number of rotatable bonds is 2. The lowest BCUT2D eigenvalue weighted by atomic mass is 9.85. The summed E-state index contributed by atoms with van der Waals surface area (Å²) in [7, 11) is 0. The quantitative estimate of drug-likeness (QED) is 0.526. The molecule has 0 saturated carbocycles. The first-order valence-electron chi connectivity index (χ1n) is 11.6. The SMILES string of the molecule is CC(=O)Nc1ccn(C(=O)N2CCC3(CCCN3C(=O)c3cc4ccc(C(F)(F)F)cc4s3)CC2)n1. The average molecular weight is 520 g/mol. The number of thiophene rings is 1. The van der Waals surface area contributed by atoms with Crippen LogP contribution in [-0.4, -0.2) is 62.6 Å². The van der Waals surface area contributed by atoms with E-state index in [1.165, 1.54) is 23.9 Å². The minimum absolute atomic E-state index is 0.172. The molecule has 0 aliphatic carbocycles. The molecule has 2 fully saturated rings. The second kappa shape index (κ2) is 8.91. The van der Waals surface area contributed by atoms with E-state index in [1.807, 2.05) is 4.90 Å². The maximum absolute atomic E-state index is 13.5. The van der Waals surface area contributed by atoms with Crippen LogP contribution in [0.4, 0.5) is 23.8 Å². The molecule has 3 amide bonds. The Balaban J connectivity index is 1.29. The molecule has 8 nitrogen and oxygen atoms in total. The second-order valence-electron chi connectivity index (χ2n) is 9.24. The van der Waals surface area contributed by atoms with E-state index < -0.39 is 11.7 Å². The van der Waals surface area contributed by atoms with E-state index in [1.54, 1.807) is 17.0 Å². The Bertz CT molecular complexity index is 1340. The average Bonchev–Trinajstić information content (AvgIpc) is 3.56. The molecule has 0 unspecified atom stereocenters. The zero-order chi connectivity index (χ0) is 25.7. The fourth-order valence-corrected chi connectivity index (χ4v) is 6.21. The van der Waals surface area contributed by atoms with Gasteiger partial charge in [0, 0.05) is 49.1 Å². The fraction of sp³-hybridized carbons (Fsp3) is 0.417. The van der Waals surface area contributed by atoms with Crippen molar-refractivity contribution in [1.82, 2.24) is 19.6 Å². The fourth-order valence-electron chi connectivity index (χ4n) is 5.16. The largest absolute Gasteiger partial charge is 0.416 e. The molecular weight excluding hydrogens is 495 g/mol. The number of benzene rings is 1. The first-order valence-corrected chi connectivity index (χ1v) is 12.4. The van der Waals surface area contributed by atoms with E-state index >= 15 is 0 Å². The van der Waals surface area contributed by atoms with Crippen molar-refractivity contribution in [3.8, 4) is 0 Å². The van der Waals surface area contributed by atoms with E-state index in [4.69, 9.17) is 0 Å². The molecule has 3 aromatic rings. The number of nitrogens with zero attached hydrogens (tertiary/aromatic N) is 4. The number of fused-ring (bicyclic) bond motifs is 1. The van der Waals surface area contributed by atoms with Gasteiger partial charge in [0.25, 0.3) is 5.91 Å². The van der Waals surface area contributed by atoms with E-state index in [0.717, 1.165) is 36.3 Å². The van der Waals surface area contributed by atoms with E-state index in [0.29, 0.717) is 53.3 Å². The number of alkyl halides is 3. The number of amides is 3. The van der Waals surface area contributed by atoms with Crippen LogP contribution in [0.5, 0.6) is 0 Å². The van der Waals surface area contributed by atoms with Gasteiger partial charge in [-0.05, 0) is 49.3 Å². The summed E-state index contributed by atoms with van der Waals surface area (Å²) in [5, 5.41) is 7.25. The highest BCUT2D eigenvalue weighted by Gasteiger charge is 2.46. The van der Waals surface area contributed by atoms with Gasteiger partial charge in [-0.15, -0.1) is 16.4 Å². The molecule has 4 heterocycles. The molecule has 1 aromatic carbocycles. The van der Waals surface area contributed by atoms with Gasteiger partial charge >= 0.3 is 12.2 Å². The molecule has 0 atom stereocenters. The zero-order valence-electron chi connectivity index (χ0n) is 19.5. The van der Waals surface area contributed by atoms with Gasteiger partial charge in [-0.2, -0.15) is 17.9 Å². The molecule has 5 rings (SSSR count). The lowest BCUT2D eigenvalue weighted by Crippen LogP contribution is -2.55. The van der Waals surface area contributed by atoms with Crippen molar-refractivity contribution in [2.75, 3.05) is 25.0 Å². The molecule has 2 aliphatic rings. The Labute approximate surface area is 208 Å². The topological polar surface area (TPSA) is 87.5 Å². The van der Waals surface area contributed by atoms with Crippen LogP contribution >= 0.6 is 11.3 Å². The molecule has 1 spiro atoms. The van der Waals surface area contributed by atoms with Crippen LogP contribution in [0.15, 0.2) is 36.5 Å². The van der Waals surface area contributed by atoms with Crippen LogP contribution in [-0.2, 0) is 11.0 Å². The first kappa shape index (κ1) is 24.3. The van der Waals surface area contributed by atoms with Crippen LogP contribution in [0, 0.1) is 0 Å². The Hall–Kier alpha value is -3.41. The van der Waals surface area contributed by atoms with E-state index in [9.17, 15) is 27.6 Å². The number of halogens is 3. The van der Waals surface area contributed by atoms with Crippen LogP contribution in [0.2, 0.25) is 0 Å². The zero-order valence-corrected chi connectivity index (χ0v) is 20.3. The van der Waals surface area contributed by atoms with Gasteiger partial charge in [0.15, 0.2) is 5.82 Å². The van der Waals surface area contributed by atoms with Crippen LogP contribution in [0.25, 0.3) is 10.1 Å². The van der Waals surface area contributed by atoms with Crippen molar-refractivity contribution < 1.29 is 27.6 Å². The lowest BCUT2D eigenvalue weighted by molar-refractivity contribution is -0.137. The predicted molar refractivity (Wildman–Crippen MR) is 128 cm³/mol. The summed E-state index contributed by atoms with van der Waals surface area (Å²) in [5.41, 5.74) is -1.11. The van der Waals surface area contributed by atoms with Crippen molar-refractivity contribution in [2.45, 2.75) is 44.3 Å². The highest BCUT2D eigenvalue weighted by molar-refractivity contribution is 7.20. The Morgan fingerprint density at radius 1 is 1.06 bits per heavy atom. The molecule has 0 bridgehead atoms. The van der Waals surface area contributed by atoms with Crippen molar-refractivity contribution in [1.29, 1.82) is 0 Å². The highest BCUT2D eigenvalue weighted by atomic mass is 32.1. The third-order valence-corrected chi connectivity index (χ3v) is 8.04. The Morgan fingerprint density at radius 3 is 2.50 bits per heavy atom. The Kier molecular flexibility index (Phi) is 6.01. The first-order chi connectivity index (χ1) is 17.1. The van der Waals surface area contributed by atoms with Crippen molar-refractivity contribution >= 4 is 45.1 Å². The summed E-state index contributed by atoms with van der Waals surface area (Å²) in [5.74, 6) is -0.158. The third-order valence-electron chi connectivity index (χ3n) is 6.95. The summed E-state index contributed by atoms with van der Waals surface area (Å²) in [4.78, 5) is 41.5. The van der Waals surface area contributed by atoms with Gasteiger partial charge < -0.3 is 15.1 Å². The van der Waals surface area contributed by atoms with Crippen molar-refractivity contribution in [3.05, 3.63) is 47.0 Å². The number of anilines is 1. The summed E-state index contributed by atoms with van der Waals surface area (Å²) < 4.78 is 40.9. The summed E-state index contributed by atoms with van der Waals surface area (Å²) in [6.45, 7) is 2.82. The smallest absolute Gasteiger partial charge is 0.332 e. The molecule has 0 radical (unpaired) electrons. The van der Waals surface area contributed by atoms with Gasteiger partial charge in [-0.1, -0.05) is 6.07 Å². The molecule has 2 saturated heterocycles. The molecule has 36 heavy (non-hydrogen) atoms. The summed E-state index contributed by atoms with van der Waals surface area (Å²) in [6, 6.07) is 6.44.